The van der Waals surface area contributed by atoms with Crippen molar-refractivity contribution in [1.82, 2.24) is 4.90 Å². The Balaban J connectivity index is 2.26. The van der Waals surface area contributed by atoms with Crippen LogP contribution in [-0.4, -0.2) is 43.2 Å². The summed E-state index contributed by atoms with van der Waals surface area (Å²) >= 11 is 0. The molecule has 1 heterocycles. The van der Waals surface area contributed by atoms with Crippen LogP contribution in [-0.2, 0) is 9.53 Å². The molecule has 1 aromatic carbocycles. The first-order valence-electron chi connectivity index (χ1n) is 6.17. The van der Waals surface area contributed by atoms with Crippen molar-refractivity contribution in [2.45, 2.75) is 12.3 Å². The molecule has 0 radical (unpaired) electrons. The van der Waals surface area contributed by atoms with Gasteiger partial charge >= 0.3 is 5.97 Å². The molecule has 2 rings (SSSR count). The van der Waals surface area contributed by atoms with Crippen LogP contribution >= 0.6 is 0 Å². The number of piperidine rings is 1. The summed E-state index contributed by atoms with van der Waals surface area (Å²) < 4.78 is 4.89. The van der Waals surface area contributed by atoms with Crippen molar-refractivity contribution in [2.24, 2.45) is 5.92 Å². The molecule has 1 aliphatic rings. The predicted octanol–water partition coefficient (Wildman–Crippen LogP) is 1.60. The molecule has 1 fully saturated rings. The Bertz CT molecular complexity index is 433. The fourth-order valence-corrected chi connectivity index (χ4v) is 2.66. The third-order valence-electron chi connectivity index (χ3n) is 3.62. The van der Waals surface area contributed by atoms with Crippen LogP contribution in [0.15, 0.2) is 24.3 Å². The Labute approximate surface area is 107 Å². The van der Waals surface area contributed by atoms with Gasteiger partial charge in [0.25, 0.3) is 0 Å². The van der Waals surface area contributed by atoms with Gasteiger partial charge in [0, 0.05) is 6.54 Å². The van der Waals surface area contributed by atoms with Crippen LogP contribution in [0.2, 0.25) is 0 Å². The van der Waals surface area contributed by atoms with Crippen molar-refractivity contribution in [3.8, 4) is 5.75 Å². The Morgan fingerprint density at radius 2 is 2.28 bits per heavy atom. The minimum atomic E-state index is -0.171. The lowest BCUT2D eigenvalue weighted by Gasteiger charge is -2.35. The highest BCUT2D eigenvalue weighted by Crippen LogP contribution is 2.34. The van der Waals surface area contributed by atoms with Crippen molar-refractivity contribution in [2.75, 3.05) is 27.2 Å². The summed E-state index contributed by atoms with van der Waals surface area (Å²) in [6.07, 6.45) is 0.902. The molecule has 0 spiro atoms. The number of rotatable bonds is 2. The van der Waals surface area contributed by atoms with Gasteiger partial charge in [-0.3, -0.25) is 4.79 Å². The fraction of sp³-hybridized carbons (Fsp3) is 0.500. The summed E-state index contributed by atoms with van der Waals surface area (Å²) in [6, 6.07) is 7.17. The Kier molecular flexibility index (Phi) is 3.87. The lowest BCUT2D eigenvalue weighted by atomic mass is 9.80. The first-order valence-corrected chi connectivity index (χ1v) is 6.17. The number of methoxy groups -OCH3 is 1. The van der Waals surface area contributed by atoms with E-state index in [4.69, 9.17) is 4.74 Å². The predicted molar refractivity (Wildman–Crippen MR) is 68.5 cm³/mol. The van der Waals surface area contributed by atoms with Crippen LogP contribution in [0.3, 0.4) is 0 Å². The van der Waals surface area contributed by atoms with Crippen LogP contribution in [0.1, 0.15) is 17.9 Å². The second kappa shape index (κ2) is 5.40. The van der Waals surface area contributed by atoms with E-state index in [-0.39, 0.29) is 23.6 Å². The van der Waals surface area contributed by atoms with E-state index in [1.54, 1.807) is 12.1 Å². The molecule has 0 aromatic heterocycles. The summed E-state index contributed by atoms with van der Waals surface area (Å²) in [5.74, 6) is 0.0428. The lowest BCUT2D eigenvalue weighted by Crippen LogP contribution is -2.41. The minimum Gasteiger partial charge on any atom is -0.508 e. The van der Waals surface area contributed by atoms with E-state index >= 15 is 0 Å². The van der Waals surface area contributed by atoms with Gasteiger partial charge in [-0.1, -0.05) is 12.1 Å². The molecule has 4 heteroatoms. The van der Waals surface area contributed by atoms with Crippen LogP contribution in [0.25, 0.3) is 0 Å². The van der Waals surface area contributed by atoms with Gasteiger partial charge in [0.15, 0.2) is 0 Å². The molecule has 4 nitrogen and oxygen atoms in total. The number of carbonyl (C=O) groups excluding carboxylic acids is 1. The molecule has 1 aromatic rings. The highest BCUT2D eigenvalue weighted by Gasteiger charge is 2.34. The van der Waals surface area contributed by atoms with Gasteiger partial charge < -0.3 is 14.7 Å². The average molecular weight is 249 g/mol. The van der Waals surface area contributed by atoms with Crippen LogP contribution in [0.5, 0.6) is 5.75 Å². The van der Waals surface area contributed by atoms with Crippen molar-refractivity contribution in [3.05, 3.63) is 29.8 Å². The van der Waals surface area contributed by atoms with Gasteiger partial charge in [-0.25, -0.2) is 0 Å². The number of hydrogen-bond donors (Lipinski definition) is 1. The second-order valence-electron chi connectivity index (χ2n) is 4.88. The number of esters is 1. The molecular formula is C14H19NO3. The highest BCUT2D eigenvalue weighted by atomic mass is 16.5. The Morgan fingerprint density at radius 3 is 2.94 bits per heavy atom. The number of aromatic hydroxyl groups is 1. The molecular weight excluding hydrogens is 230 g/mol. The van der Waals surface area contributed by atoms with E-state index < -0.39 is 0 Å². The molecule has 18 heavy (non-hydrogen) atoms. The van der Waals surface area contributed by atoms with Gasteiger partial charge in [0.1, 0.15) is 5.75 Å². The first kappa shape index (κ1) is 12.9. The Hall–Kier alpha value is -1.55. The summed E-state index contributed by atoms with van der Waals surface area (Å²) in [5.41, 5.74) is 1.01. The summed E-state index contributed by atoms with van der Waals surface area (Å²) in [5, 5.41) is 9.55. The Morgan fingerprint density at radius 1 is 1.50 bits per heavy atom. The summed E-state index contributed by atoms with van der Waals surface area (Å²) in [6.45, 7) is 1.65. The third kappa shape index (κ3) is 2.64. The molecule has 0 aliphatic carbocycles. The van der Waals surface area contributed by atoms with Gasteiger partial charge in [-0.2, -0.15) is 0 Å². The number of benzene rings is 1. The van der Waals surface area contributed by atoms with Crippen LogP contribution < -0.4 is 0 Å². The van der Waals surface area contributed by atoms with Crippen molar-refractivity contribution in [1.29, 1.82) is 0 Å². The number of hydrogen-bond acceptors (Lipinski definition) is 4. The summed E-state index contributed by atoms with van der Waals surface area (Å²) in [4.78, 5) is 14.0. The van der Waals surface area contributed by atoms with Gasteiger partial charge in [0.2, 0.25) is 0 Å². The number of phenolic OH excluding ortho intramolecular Hbond substituents is 1. The molecule has 1 N–H and O–H groups in total. The lowest BCUT2D eigenvalue weighted by molar-refractivity contribution is -0.148. The number of phenols is 1. The molecule has 2 unspecified atom stereocenters. The van der Waals surface area contributed by atoms with Crippen molar-refractivity contribution >= 4 is 5.97 Å². The quantitative estimate of drug-likeness (QED) is 0.809. The van der Waals surface area contributed by atoms with Crippen LogP contribution in [0, 0.1) is 5.92 Å². The maximum atomic E-state index is 11.9. The number of ether oxygens (including phenoxy) is 1. The van der Waals surface area contributed by atoms with Crippen LogP contribution in [0.4, 0.5) is 0 Å². The SMILES string of the molecule is COC(=O)C1CN(C)CCC1c1cccc(O)c1. The maximum absolute atomic E-state index is 11.9. The van der Waals surface area contributed by atoms with Gasteiger partial charge in [-0.05, 0) is 43.6 Å². The zero-order chi connectivity index (χ0) is 13.1. The number of carbonyl (C=O) groups is 1. The molecule has 1 aliphatic heterocycles. The zero-order valence-corrected chi connectivity index (χ0v) is 10.8. The van der Waals surface area contributed by atoms with E-state index in [9.17, 15) is 9.90 Å². The summed E-state index contributed by atoms with van der Waals surface area (Å²) in [7, 11) is 3.44. The third-order valence-corrected chi connectivity index (χ3v) is 3.62. The molecule has 98 valence electrons. The maximum Gasteiger partial charge on any atom is 0.310 e. The minimum absolute atomic E-state index is 0.126. The molecule has 2 atom stereocenters. The van der Waals surface area contributed by atoms with Crippen molar-refractivity contribution in [3.63, 3.8) is 0 Å². The van der Waals surface area contributed by atoms with E-state index in [1.807, 2.05) is 19.2 Å². The molecule has 0 saturated carbocycles. The first-order chi connectivity index (χ1) is 8.61. The van der Waals surface area contributed by atoms with Crippen molar-refractivity contribution < 1.29 is 14.6 Å². The second-order valence-corrected chi connectivity index (χ2v) is 4.88. The fourth-order valence-electron chi connectivity index (χ4n) is 2.66. The van der Waals surface area contributed by atoms with E-state index in [0.717, 1.165) is 18.5 Å². The largest absolute Gasteiger partial charge is 0.508 e. The normalized spacial score (nSPS) is 24.8. The van der Waals surface area contributed by atoms with Gasteiger partial charge in [0.05, 0.1) is 13.0 Å². The topological polar surface area (TPSA) is 49.8 Å². The average Bonchev–Trinajstić information content (AvgIpc) is 2.37. The van der Waals surface area contributed by atoms with E-state index in [2.05, 4.69) is 4.90 Å². The monoisotopic (exact) mass is 249 g/mol. The standard InChI is InChI=1S/C14H19NO3/c1-15-7-6-12(13(9-15)14(17)18-2)10-4-3-5-11(16)8-10/h3-5,8,12-13,16H,6-7,9H2,1-2H3. The zero-order valence-electron chi connectivity index (χ0n) is 10.8. The van der Waals surface area contributed by atoms with E-state index in [0.29, 0.717) is 6.54 Å². The number of nitrogens with zero attached hydrogens (tertiary/aromatic N) is 1. The highest BCUT2D eigenvalue weighted by molar-refractivity contribution is 5.74. The smallest absolute Gasteiger partial charge is 0.310 e. The number of likely N-dealkylation sites (tertiary alicyclic amines) is 1. The molecule has 0 amide bonds. The van der Waals surface area contributed by atoms with E-state index in [1.165, 1.54) is 7.11 Å². The molecule has 1 saturated heterocycles. The molecule has 0 bridgehead atoms. The van der Waals surface area contributed by atoms with Gasteiger partial charge in [-0.15, -0.1) is 0 Å².